The van der Waals surface area contributed by atoms with Gasteiger partial charge in [-0.25, -0.2) is 9.37 Å². The Hall–Kier alpha value is -1.88. The van der Waals surface area contributed by atoms with Crippen molar-refractivity contribution < 1.29 is 13.5 Å². The van der Waals surface area contributed by atoms with E-state index >= 15 is 0 Å². The summed E-state index contributed by atoms with van der Waals surface area (Å²) in [6.07, 6.45) is 1.54. The van der Waals surface area contributed by atoms with Gasteiger partial charge in [-0.15, -0.1) is 0 Å². The number of nitrogens with zero attached hydrogens (tertiary/aromatic N) is 1. The highest BCUT2D eigenvalue weighted by Crippen LogP contribution is 2.28. The second-order valence-corrected chi connectivity index (χ2v) is 4.19. The van der Waals surface area contributed by atoms with Crippen molar-refractivity contribution in [2.75, 3.05) is 13.7 Å². The predicted molar refractivity (Wildman–Crippen MR) is 70.5 cm³/mol. The van der Waals surface area contributed by atoms with Crippen molar-refractivity contribution in [3.05, 3.63) is 36.1 Å². The molecule has 1 aromatic carbocycles. The van der Waals surface area contributed by atoms with E-state index in [1.54, 1.807) is 12.1 Å². The minimum Gasteiger partial charge on any atom is -0.497 e. The lowest BCUT2D eigenvalue weighted by Gasteiger charge is -2.07. The molecule has 19 heavy (non-hydrogen) atoms. The first-order valence-electron chi connectivity index (χ1n) is 6.18. The molecule has 2 rings (SSSR count). The number of ether oxygens (including phenoxy) is 1. The van der Waals surface area contributed by atoms with Gasteiger partial charge >= 0.3 is 0 Å². The van der Waals surface area contributed by atoms with Crippen molar-refractivity contribution in [2.45, 2.75) is 19.9 Å². The van der Waals surface area contributed by atoms with E-state index < -0.39 is 5.82 Å². The summed E-state index contributed by atoms with van der Waals surface area (Å²) in [6, 6.07) is 4.63. The quantitative estimate of drug-likeness (QED) is 0.901. The van der Waals surface area contributed by atoms with Crippen molar-refractivity contribution >= 4 is 0 Å². The molecule has 1 aromatic heterocycles. The van der Waals surface area contributed by atoms with Crippen LogP contribution in [0.4, 0.5) is 4.39 Å². The molecule has 4 nitrogen and oxygen atoms in total. The maximum absolute atomic E-state index is 13.9. The molecule has 5 heteroatoms. The first-order chi connectivity index (χ1) is 9.15. The Balaban J connectivity index is 2.27. The average Bonchev–Trinajstić information content (AvgIpc) is 2.88. The molecule has 0 aliphatic carbocycles. The highest BCUT2D eigenvalue weighted by Gasteiger charge is 2.15. The van der Waals surface area contributed by atoms with Crippen LogP contribution in [0, 0.1) is 5.82 Å². The number of nitrogens with one attached hydrogen (secondary N) is 1. The number of oxazole rings is 1. The SMILES string of the molecule is CCNC(C)c1ncc(-c2ccc(OC)cc2F)o1. The third-order valence-electron chi connectivity index (χ3n) is 2.85. The first-order valence-corrected chi connectivity index (χ1v) is 6.18. The molecule has 2 aromatic rings. The number of aromatic nitrogens is 1. The highest BCUT2D eigenvalue weighted by atomic mass is 19.1. The smallest absolute Gasteiger partial charge is 0.211 e. The molecule has 102 valence electrons. The topological polar surface area (TPSA) is 47.3 Å². The molecule has 0 saturated heterocycles. The number of halogens is 1. The summed E-state index contributed by atoms with van der Waals surface area (Å²) >= 11 is 0. The summed E-state index contributed by atoms with van der Waals surface area (Å²) < 4.78 is 24.4. The largest absolute Gasteiger partial charge is 0.497 e. The Morgan fingerprint density at radius 2 is 2.26 bits per heavy atom. The van der Waals surface area contributed by atoms with Crippen molar-refractivity contribution in [3.63, 3.8) is 0 Å². The maximum Gasteiger partial charge on any atom is 0.211 e. The van der Waals surface area contributed by atoms with E-state index in [-0.39, 0.29) is 6.04 Å². The second kappa shape index (κ2) is 5.84. The zero-order valence-electron chi connectivity index (χ0n) is 11.2. The van der Waals surface area contributed by atoms with Crippen LogP contribution in [0.25, 0.3) is 11.3 Å². The Bertz CT molecular complexity index is 554. The molecular weight excluding hydrogens is 247 g/mol. The molecule has 0 radical (unpaired) electrons. The van der Waals surface area contributed by atoms with Gasteiger partial charge in [0.05, 0.1) is 24.9 Å². The molecule has 0 aliphatic rings. The van der Waals surface area contributed by atoms with Gasteiger partial charge in [0.1, 0.15) is 11.6 Å². The van der Waals surface area contributed by atoms with E-state index in [2.05, 4.69) is 10.3 Å². The average molecular weight is 264 g/mol. The van der Waals surface area contributed by atoms with Gasteiger partial charge in [-0.2, -0.15) is 0 Å². The van der Waals surface area contributed by atoms with Gasteiger partial charge in [-0.1, -0.05) is 6.92 Å². The molecule has 0 spiro atoms. The molecular formula is C14H17FN2O2. The molecule has 0 aliphatic heterocycles. The van der Waals surface area contributed by atoms with Gasteiger partial charge in [0.15, 0.2) is 5.76 Å². The van der Waals surface area contributed by atoms with Crippen molar-refractivity contribution in [1.82, 2.24) is 10.3 Å². The molecule has 1 unspecified atom stereocenters. The van der Waals surface area contributed by atoms with Gasteiger partial charge in [-0.05, 0) is 25.6 Å². The van der Waals surface area contributed by atoms with Crippen LogP contribution in [0.1, 0.15) is 25.8 Å². The van der Waals surface area contributed by atoms with Crippen LogP contribution in [0.5, 0.6) is 5.75 Å². The number of benzene rings is 1. The van der Waals surface area contributed by atoms with E-state index in [1.807, 2.05) is 13.8 Å². The maximum atomic E-state index is 13.9. The van der Waals surface area contributed by atoms with E-state index in [4.69, 9.17) is 9.15 Å². The Morgan fingerprint density at radius 3 is 2.89 bits per heavy atom. The normalized spacial score (nSPS) is 12.4. The van der Waals surface area contributed by atoms with Gasteiger partial charge in [0, 0.05) is 6.07 Å². The van der Waals surface area contributed by atoms with E-state index in [0.29, 0.717) is 23.0 Å². The van der Waals surface area contributed by atoms with Crippen LogP contribution in [0.2, 0.25) is 0 Å². The monoisotopic (exact) mass is 264 g/mol. The molecule has 0 fully saturated rings. The van der Waals surface area contributed by atoms with Gasteiger partial charge < -0.3 is 14.5 Å². The van der Waals surface area contributed by atoms with E-state index in [9.17, 15) is 4.39 Å². The van der Waals surface area contributed by atoms with Crippen LogP contribution in [-0.4, -0.2) is 18.6 Å². The lowest BCUT2D eigenvalue weighted by atomic mass is 10.1. The molecule has 0 amide bonds. The fourth-order valence-electron chi connectivity index (χ4n) is 1.83. The van der Waals surface area contributed by atoms with Crippen LogP contribution in [-0.2, 0) is 0 Å². The van der Waals surface area contributed by atoms with Gasteiger partial charge in [0.25, 0.3) is 0 Å². The van der Waals surface area contributed by atoms with Crippen molar-refractivity contribution in [3.8, 4) is 17.1 Å². The lowest BCUT2D eigenvalue weighted by molar-refractivity contribution is 0.410. The van der Waals surface area contributed by atoms with Crippen molar-refractivity contribution in [2.24, 2.45) is 0 Å². The fraction of sp³-hybridized carbons (Fsp3) is 0.357. The summed E-state index contributed by atoms with van der Waals surface area (Å²) in [5, 5.41) is 3.19. The highest BCUT2D eigenvalue weighted by molar-refractivity contribution is 5.58. The summed E-state index contributed by atoms with van der Waals surface area (Å²) in [7, 11) is 1.50. The number of rotatable bonds is 5. The predicted octanol–water partition coefficient (Wildman–Crippen LogP) is 3.16. The molecule has 1 heterocycles. The number of hydrogen-bond acceptors (Lipinski definition) is 4. The van der Waals surface area contributed by atoms with Crippen LogP contribution in [0.3, 0.4) is 0 Å². The lowest BCUT2D eigenvalue weighted by Crippen LogP contribution is -2.17. The van der Waals surface area contributed by atoms with E-state index in [0.717, 1.165) is 6.54 Å². The number of methoxy groups -OCH3 is 1. The third-order valence-corrected chi connectivity index (χ3v) is 2.85. The van der Waals surface area contributed by atoms with E-state index in [1.165, 1.54) is 19.4 Å². The fourth-order valence-corrected chi connectivity index (χ4v) is 1.83. The molecule has 0 bridgehead atoms. The zero-order valence-corrected chi connectivity index (χ0v) is 11.2. The van der Waals surface area contributed by atoms with Crippen LogP contribution >= 0.6 is 0 Å². The molecule has 0 saturated carbocycles. The summed E-state index contributed by atoms with van der Waals surface area (Å²) in [5.41, 5.74) is 0.378. The second-order valence-electron chi connectivity index (χ2n) is 4.19. The minimum absolute atomic E-state index is 0.0000552. The molecule has 1 N–H and O–H groups in total. The van der Waals surface area contributed by atoms with Gasteiger partial charge in [-0.3, -0.25) is 0 Å². The standard InChI is InChI=1S/C14H17FN2O2/c1-4-16-9(2)14-17-8-13(19-14)11-6-5-10(18-3)7-12(11)15/h5-9,16H,4H2,1-3H3. The summed E-state index contributed by atoms with van der Waals surface area (Å²) in [5.74, 6) is 1.05. The van der Waals surface area contributed by atoms with Crippen LogP contribution in [0.15, 0.2) is 28.8 Å². The Morgan fingerprint density at radius 1 is 1.47 bits per heavy atom. The summed E-state index contributed by atoms with van der Waals surface area (Å²) in [6.45, 7) is 4.77. The van der Waals surface area contributed by atoms with Crippen LogP contribution < -0.4 is 10.1 Å². The minimum atomic E-state index is -0.391. The Kier molecular flexibility index (Phi) is 4.16. The third kappa shape index (κ3) is 2.93. The summed E-state index contributed by atoms with van der Waals surface area (Å²) in [4.78, 5) is 4.17. The zero-order chi connectivity index (χ0) is 13.8. The van der Waals surface area contributed by atoms with Gasteiger partial charge in [0.2, 0.25) is 5.89 Å². The van der Waals surface area contributed by atoms with Crippen molar-refractivity contribution in [1.29, 1.82) is 0 Å². The number of hydrogen-bond donors (Lipinski definition) is 1. The Labute approximate surface area is 111 Å². The first kappa shape index (κ1) is 13.5. The molecule has 1 atom stereocenters.